The van der Waals surface area contributed by atoms with Crippen LogP contribution in [0.25, 0.3) is 0 Å². The van der Waals surface area contributed by atoms with E-state index in [0.29, 0.717) is 51.9 Å². The molecule has 0 heterocycles. The number of carboxylic acid groups (broad SMARTS) is 2. The molecule has 0 aliphatic heterocycles. The van der Waals surface area contributed by atoms with E-state index >= 15 is 0 Å². The lowest BCUT2D eigenvalue weighted by Gasteiger charge is -2.37. The molecule has 52 heavy (non-hydrogen) atoms. The van der Waals surface area contributed by atoms with Crippen molar-refractivity contribution in [3.63, 3.8) is 0 Å². The number of carboxylic acids is 2. The molecule has 0 unspecified atom stereocenters. The van der Waals surface area contributed by atoms with Gasteiger partial charge in [-0.1, -0.05) is 107 Å². The van der Waals surface area contributed by atoms with Gasteiger partial charge in [0.05, 0.1) is 22.3 Å². The van der Waals surface area contributed by atoms with E-state index in [4.69, 9.17) is 0 Å². The third-order valence-electron chi connectivity index (χ3n) is 9.45. The Morgan fingerprint density at radius 2 is 1.04 bits per heavy atom. The predicted molar refractivity (Wildman–Crippen MR) is 205 cm³/mol. The number of hydrogen-bond donors (Lipinski definition) is 4. The summed E-state index contributed by atoms with van der Waals surface area (Å²) in [5.74, 6) is -3.13. The van der Waals surface area contributed by atoms with Crippen LogP contribution >= 0.6 is 0 Å². The highest BCUT2D eigenvalue weighted by Gasteiger charge is 2.37. The third kappa shape index (κ3) is 10.4. The van der Waals surface area contributed by atoms with Crippen LogP contribution in [0.2, 0.25) is 0 Å². The third-order valence-corrected chi connectivity index (χ3v) is 9.45. The molecule has 0 fully saturated rings. The maximum absolute atomic E-state index is 14.2. The lowest BCUT2D eigenvalue weighted by Crippen LogP contribution is -2.36. The number of amides is 2. The van der Waals surface area contributed by atoms with Crippen molar-refractivity contribution in [3.05, 3.63) is 142 Å². The van der Waals surface area contributed by atoms with Crippen LogP contribution in [0.3, 0.4) is 0 Å². The molecule has 9 heteroatoms. The maximum Gasteiger partial charge on any atom is 0.336 e. The predicted octanol–water partition coefficient (Wildman–Crippen LogP) is 7.00. The Kier molecular flexibility index (Phi) is 13.5. The van der Waals surface area contributed by atoms with E-state index in [2.05, 4.69) is 67.5 Å². The normalized spacial score (nSPS) is 11.7. The minimum atomic E-state index is -1.15. The molecule has 0 saturated carbocycles. The maximum atomic E-state index is 14.2. The SMILES string of the molecule is CN(CCCNC(=O)c1ccccc1C(=O)O)CCCNC(=O)c1c(C(=O)O)ccc(C(C)(C)Cc2ccccc2)c1C(C)(C)Cc1ccccc1. The van der Waals surface area contributed by atoms with Gasteiger partial charge in [0.2, 0.25) is 0 Å². The first-order valence-electron chi connectivity index (χ1n) is 17.8. The van der Waals surface area contributed by atoms with Gasteiger partial charge in [0.25, 0.3) is 11.8 Å². The lowest BCUT2D eigenvalue weighted by molar-refractivity contribution is 0.0682. The number of carbonyl (C=O) groups is 4. The number of hydrogen-bond acceptors (Lipinski definition) is 5. The molecule has 4 aromatic rings. The first-order chi connectivity index (χ1) is 24.7. The van der Waals surface area contributed by atoms with Gasteiger partial charge in [0.15, 0.2) is 0 Å². The van der Waals surface area contributed by atoms with Crippen molar-refractivity contribution < 1.29 is 29.4 Å². The number of aromatic carboxylic acids is 2. The van der Waals surface area contributed by atoms with Gasteiger partial charge in [-0.05, 0) is 97.1 Å². The van der Waals surface area contributed by atoms with Crippen molar-refractivity contribution >= 4 is 23.8 Å². The van der Waals surface area contributed by atoms with E-state index in [1.165, 1.54) is 12.1 Å². The van der Waals surface area contributed by atoms with Crippen LogP contribution in [0.1, 0.15) is 104 Å². The van der Waals surface area contributed by atoms with Crippen LogP contribution in [0, 0.1) is 0 Å². The number of benzene rings is 4. The molecule has 0 aromatic heterocycles. The van der Waals surface area contributed by atoms with Crippen molar-refractivity contribution in [1.82, 2.24) is 15.5 Å². The molecule has 9 nitrogen and oxygen atoms in total. The molecular weight excluding hydrogens is 654 g/mol. The van der Waals surface area contributed by atoms with Gasteiger partial charge >= 0.3 is 11.9 Å². The topological polar surface area (TPSA) is 136 Å². The molecule has 0 saturated heterocycles. The van der Waals surface area contributed by atoms with E-state index in [-0.39, 0.29) is 22.3 Å². The molecule has 4 rings (SSSR count). The summed E-state index contributed by atoms with van der Waals surface area (Å²) in [5, 5.41) is 25.6. The molecule has 0 spiro atoms. The van der Waals surface area contributed by atoms with Crippen LogP contribution in [0.5, 0.6) is 0 Å². The van der Waals surface area contributed by atoms with Gasteiger partial charge in [0.1, 0.15) is 0 Å². The quantitative estimate of drug-likeness (QED) is 0.0820. The van der Waals surface area contributed by atoms with E-state index in [0.717, 1.165) is 22.3 Å². The molecule has 2 amide bonds. The van der Waals surface area contributed by atoms with Crippen molar-refractivity contribution in [1.29, 1.82) is 0 Å². The van der Waals surface area contributed by atoms with Crippen molar-refractivity contribution in [2.24, 2.45) is 0 Å². The summed E-state index contributed by atoms with van der Waals surface area (Å²) in [6, 6.07) is 29.8. The van der Waals surface area contributed by atoms with Gasteiger partial charge in [0, 0.05) is 13.1 Å². The second kappa shape index (κ2) is 17.8. The fraction of sp³-hybridized carbons (Fsp3) is 0.349. The van der Waals surface area contributed by atoms with Gasteiger partial charge in [-0.3, -0.25) is 9.59 Å². The molecule has 0 aliphatic rings. The summed E-state index contributed by atoms with van der Waals surface area (Å²) >= 11 is 0. The van der Waals surface area contributed by atoms with Gasteiger partial charge < -0.3 is 25.7 Å². The number of rotatable bonds is 18. The van der Waals surface area contributed by atoms with E-state index in [9.17, 15) is 29.4 Å². The fourth-order valence-electron chi connectivity index (χ4n) is 6.94. The lowest BCUT2D eigenvalue weighted by atomic mass is 9.67. The van der Waals surface area contributed by atoms with Crippen molar-refractivity contribution in [3.8, 4) is 0 Å². The summed E-state index contributed by atoms with van der Waals surface area (Å²) in [4.78, 5) is 52.9. The van der Waals surface area contributed by atoms with Crippen LogP contribution in [0.15, 0.2) is 97.1 Å². The van der Waals surface area contributed by atoms with Crippen LogP contribution in [0.4, 0.5) is 0 Å². The molecule has 4 aromatic carbocycles. The Morgan fingerprint density at radius 1 is 0.577 bits per heavy atom. The van der Waals surface area contributed by atoms with Crippen LogP contribution < -0.4 is 10.6 Å². The smallest absolute Gasteiger partial charge is 0.336 e. The van der Waals surface area contributed by atoms with Gasteiger partial charge in [-0.25, -0.2) is 9.59 Å². The summed E-state index contributed by atoms with van der Waals surface area (Å²) < 4.78 is 0. The van der Waals surface area contributed by atoms with E-state index < -0.39 is 34.6 Å². The Balaban J connectivity index is 1.47. The summed E-state index contributed by atoms with van der Waals surface area (Å²) in [6.07, 6.45) is 2.60. The number of nitrogens with zero attached hydrogens (tertiary/aromatic N) is 1. The average Bonchev–Trinajstić information content (AvgIpc) is 3.11. The number of carbonyl (C=O) groups excluding carboxylic acids is 2. The van der Waals surface area contributed by atoms with Crippen LogP contribution in [-0.4, -0.2) is 72.1 Å². The highest BCUT2D eigenvalue weighted by Crippen LogP contribution is 2.41. The monoisotopic (exact) mass is 705 g/mol. The second-order valence-electron chi connectivity index (χ2n) is 14.7. The molecule has 4 N–H and O–H groups in total. The largest absolute Gasteiger partial charge is 0.478 e. The van der Waals surface area contributed by atoms with Crippen molar-refractivity contribution in [2.45, 2.75) is 64.2 Å². The zero-order chi connectivity index (χ0) is 37.9. The summed E-state index contributed by atoms with van der Waals surface area (Å²) in [6.45, 7) is 10.5. The van der Waals surface area contributed by atoms with Crippen molar-refractivity contribution in [2.75, 3.05) is 33.2 Å². The Labute approximate surface area is 307 Å². The molecule has 0 radical (unpaired) electrons. The Bertz CT molecular complexity index is 1850. The minimum Gasteiger partial charge on any atom is -0.478 e. The van der Waals surface area contributed by atoms with E-state index in [1.807, 2.05) is 49.5 Å². The minimum absolute atomic E-state index is 0.0157. The average molecular weight is 706 g/mol. The highest BCUT2D eigenvalue weighted by atomic mass is 16.4. The first-order valence-corrected chi connectivity index (χ1v) is 17.8. The highest BCUT2D eigenvalue weighted by molar-refractivity contribution is 6.07. The zero-order valence-electron chi connectivity index (χ0n) is 30.9. The molecule has 274 valence electrons. The summed E-state index contributed by atoms with van der Waals surface area (Å²) in [5.41, 5.74) is 3.23. The first kappa shape index (κ1) is 39.5. The molecular formula is C43H51N3O6. The van der Waals surface area contributed by atoms with E-state index in [1.54, 1.807) is 18.2 Å². The Hall–Kier alpha value is -5.28. The molecule has 0 aliphatic carbocycles. The van der Waals surface area contributed by atoms with Crippen LogP contribution in [-0.2, 0) is 23.7 Å². The standard InChI is InChI=1S/C43H51N3O6/c1-42(2,28-30-16-8-6-9-17-30)35-23-22-34(41(51)52)36(37(35)43(3,4)29-31-18-10-7-11-19-31)39(48)45-25-15-27-46(5)26-14-24-44-38(47)32-20-12-13-21-33(32)40(49)50/h6-13,16-23H,14-15,24-29H2,1-5H3,(H,44,47)(H,45,48)(H,49,50)(H,51,52). The Morgan fingerprint density at radius 3 is 1.56 bits per heavy atom. The van der Waals surface area contributed by atoms with Gasteiger partial charge in [-0.15, -0.1) is 0 Å². The number of nitrogens with one attached hydrogen (secondary N) is 2. The molecule has 0 bridgehead atoms. The second-order valence-corrected chi connectivity index (χ2v) is 14.7. The van der Waals surface area contributed by atoms with Gasteiger partial charge in [-0.2, -0.15) is 0 Å². The molecule has 0 atom stereocenters. The fourth-order valence-corrected chi connectivity index (χ4v) is 6.94. The zero-order valence-corrected chi connectivity index (χ0v) is 30.9. The summed E-state index contributed by atoms with van der Waals surface area (Å²) in [7, 11) is 1.95.